The third-order valence-electron chi connectivity index (χ3n) is 6.31. The number of benzene rings is 2. The average Bonchev–Trinajstić information content (AvgIpc) is 3.55. The monoisotopic (exact) mass is 507 g/mol. The summed E-state index contributed by atoms with van der Waals surface area (Å²) in [6, 6.07) is 15.2. The molecule has 0 saturated carbocycles. The number of hydrogen-bond donors (Lipinski definition) is 2. The fraction of sp³-hybridized carbons (Fsp3) is 0.161. The van der Waals surface area contributed by atoms with Gasteiger partial charge >= 0.3 is 0 Å². The number of H-pyrrole nitrogens is 2. The van der Waals surface area contributed by atoms with Gasteiger partial charge in [-0.15, -0.1) is 0 Å². The number of fused-ring (bicyclic) bond motifs is 1. The molecule has 0 spiro atoms. The number of allylic oxidation sites excluding steroid dienone is 3. The van der Waals surface area contributed by atoms with Crippen LogP contribution in [0.1, 0.15) is 23.6 Å². The summed E-state index contributed by atoms with van der Waals surface area (Å²) in [6.45, 7) is 2.77. The van der Waals surface area contributed by atoms with Crippen LogP contribution in [0.4, 0.5) is 4.39 Å². The van der Waals surface area contributed by atoms with Gasteiger partial charge in [-0.05, 0) is 79.7 Å². The summed E-state index contributed by atoms with van der Waals surface area (Å²) in [5.41, 5.74) is 8.41. The number of hydrogen-bond acceptors (Lipinski definition) is 4. The minimum absolute atomic E-state index is 0.351. The Morgan fingerprint density at radius 1 is 1.03 bits per heavy atom. The third kappa shape index (κ3) is 5.28. The molecular weight excluding hydrogens is 477 g/mol. The summed E-state index contributed by atoms with van der Waals surface area (Å²) in [4.78, 5) is 9.95. The second-order valence-electron chi connectivity index (χ2n) is 9.44. The zero-order valence-electron chi connectivity index (χ0n) is 21.9. The van der Waals surface area contributed by atoms with Gasteiger partial charge in [0.2, 0.25) is 0 Å². The summed E-state index contributed by atoms with van der Waals surface area (Å²) >= 11 is 0. The number of aromatic nitrogens is 4. The highest BCUT2D eigenvalue weighted by Gasteiger charge is 2.15. The standard InChI is InChI=1S/C31H30FN5O/c1-5-6-7-27(22-11-25(32)15-26(12-22)38-4)24-14-30(34-18-24)31-28-13-21(8-9-29(28)35-36-31)23-10-20(16-33-17-23)19-37(2)3/h5-18,34H,19H2,1-4H3,(H,35,36)/b6-5+,27-7-. The van der Waals surface area contributed by atoms with Crippen molar-refractivity contribution in [2.45, 2.75) is 13.5 Å². The van der Waals surface area contributed by atoms with Gasteiger partial charge in [0.1, 0.15) is 17.3 Å². The fourth-order valence-corrected chi connectivity index (χ4v) is 4.57. The first-order valence-corrected chi connectivity index (χ1v) is 12.4. The Balaban J connectivity index is 1.54. The van der Waals surface area contributed by atoms with Crippen LogP contribution >= 0.6 is 0 Å². The molecule has 0 fully saturated rings. The van der Waals surface area contributed by atoms with Crippen molar-refractivity contribution < 1.29 is 9.13 Å². The zero-order valence-corrected chi connectivity index (χ0v) is 21.9. The molecule has 0 bridgehead atoms. The maximum Gasteiger partial charge on any atom is 0.127 e. The lowest BCUT2D eigenvalue weighted by atomic mass is 9.98. The van der Waals surface area contributed by atoms with Crippen LogP contribution < -0.4 is 4.74 Å². The molecule has 0 radical (unpaired) electrons. The van der Waals surface area contributed by atoms with Gasteiger partial charge in [0, 0.05) is 47.7 Å². The van der Waals surface area contributed by atoms with Gasteiger partial charge in [0.05, 0.1) is 18.3 Å². The van der Waals surface area contributed by atoms with Gasteiger partial charge in [-0.2, -0.15) is 5.10 Å². The van der Waals surface area contributed by atoms with Crippen molar-refractivity contribution in [3.63, 3.8) is 0 Å². The van der Waals surface area contributed by atoms with Gasteiger partial charge in [0.25, 0.3) is 0 Å². The maximum atomic E-state index is 14.3. The first-order valence-electron chi connectivity index (χ1n) is 12.4. The first kappa shape index (κ1) is 25.2. The van der Waals surface area contributed by atoms with E-state index < -0.39 is 0 Å². The second kappa shape index (κ2) is 10.9. The van der Waals surface area contributed by atoms with Crippen LogP contribution in [0.25, 0.3) is 39.0 Å². The van der Waals surface area contributed by atoms with Crippen LogP contribution in [-0.2, 0) is 6.54 Å². The van der Waals surface area contributed by atoms with Crippen LogP contribution in [0.3, 0.4) is 0 Å². The maximum absolute atomic E-state index is 14.3. The molecule has 0 aliphatic carbocycles. The molecule has 0 atom stereocenters. The zero-order chi connectivity index (χ0) is 26.6. The second-order valence-corrected chi connectivity index (χ2v) is 9.44. The highest BCUT2D eigenvalue weighted by atomic mass is 19.1. The fourth-order valence-electron chi connectivity index (χ4n) is 4.57. The largest absolute Gasteiger partial charge is 0.497 e. The molecule has 7 heteroatoms. The average molecular weight is 508 g/mol. The highest BCUT2D eigenvalue weighted by molar-refractivity contribution is 5.96. The lowest BCUT2D eigenvalue weighted by Crippen LogP contribution is -2.10. The Morgan fingerprint density at radius 3 is 2.68 bits per heavy atom. The van der Waals surface area contributed by atoms with E-state index in [4.69, 9.17) is 4.74 Å². The minimum Gasteiger partial charge on any atom is -0.497 e. The summed E-state index contributed by atoms with van der Waals surface area (Å²) in [6.07, 6.45) is 11.6. The van der Waals surface area contributed by atoms with Crippen LogP contribution in [0, 0.1) is 5.82 Å². The number of rotatable bonds is 8. The molecule has 0 amide bonds. The predicted octanol–water partition coefficient (Wildman–Crippen LogP) is 6.84. The summed E-state index contributed by atoms with van der Waals surface area (Å²) in [5, 5.41) is 8.76. The molecule has 6 nitrogen and oxygen atoms in total. The Bertz CT molecular complexity index is 1640. The van der Waals surface area contributed by atoms with Gasteiger partial charge < -0.3 is 14.6 Å². The minimum atomic E-state index is -0.351. The molecule has 5 rings (SSSR count). The van der Waals surface area contributed by atoms with E-state index in [-0.39, 0.29) is 5.82 Å². The van der Waals surface area contributed by atoms with Crippen LogP contribution in [0.15, 0.2) is 85.3 Å². The summed E-state index contributed by atoms with van der Waals surface area (Å²) in [5.74, 6) is 0.119. The molecule has 0 aliphatic rings. The van der Waals surface area contributed by atoms with Gasteiger partial charge in [-0.3, -0.25) is 10.1 Å². The molecule has 2 aromatic carbocycles. The van der Waals surface area contributed by atoms with E-state index in [0.29, 0.717) is 5.75 Å². The van der Waals surface area contributed by atoms with Crippen molar-refractivity contribution in [1.29, 1.82) is 0 Å². The molecule has 0 aliphatic heterocycles. The number of nitrogens with zero attached hydrogens (tertiary/aromatic N) is 3. The Labute approximate surface area is 221 Å². The van der Waals surface area contributed by atoms with Crippen molar-refractivity contribution in [3.05, 3.63) is 108 Å². The Morgan fingerprint density at radius 2 is 1.89 bits per heavy atom. The van der Waals surface area contributed by atoms with Gasteiger partial charge in [0.15, 0.2) is 0 Å². The molecule has 2 N–H and O–H groups in total. The molecule has 0 unspecified atom stereocenters. The van der Waals surface area contributed by atoms with Crippen LogP contribution in [0.2, 0.25) is 0 Å². The highest BCUT2D eigenvalue weighted by Crippen LogP contribution is 2.34. The van der Waals surface area contributed by atoms with Crippen molar-refractivity contribution in [2.24, 2.45) is 0 Å². The summed E-state index contributed by atoms with van der Waals surface area (Å²) < 4.78 is 19.6. The van der Waals surface area contributed by atoms with E-state index in [2.05, 4.69) is 43.3 Å². The van der Waals surface area contributed by atoms with E-state index in [1.54, 1.807) is 0 Å². The van der Waals surface area contributed by atoms with E-state index in [1.165, 1.54) is 19.2 Å². The lowest BCUT2D eigenvalue weighted by molar-refractivity contribution is 0.402. The van der Waals surface area contributed by atoms with Gasteiger partial charge in [-0.1, -0.05) is 24.3 Å². The Hall–Kier alpha value is -4.49. The molecule has 192 valence electrons. The number of nitrogens with one attached hydrogen (secondary N) is 2. The first-order chi connectivity index (χ1) is 18.4. The van der Waals surface area contributed by atoms with Gasteiger partial charge in [-0.25, -0.2) is 4.39 Å². The van der Waals surface area contributed by atoms with Crippen molar-refractivity contribution in [2.75, 3.05) is 21.2 Å². The molecule has 3 heterocycles. The quantitative estimate of drug-likeness (QED) is 0.226. The third-order valence-corrected chi connectivity index (χ3v) is 6.31. The lowest BCUT2D eigenvalue weighted by Gasteiger charge is -2.10. The molecule has 0 saturated heterocycles. The van der Waals surface area contributed by atoms with Crippen molar-refractivity contribution in [1.82, 2.24) is 25.1 Å². The molecule has 5 aromatic rings. The van der Waals surface area contributed by atoms with E-state index in [9.17, 15) is 4.39 Å². The van der Waals surface area contributed by atoms with Crippen molar-refractivity contribution >= 4 is 16.5 Å². The van der Waals surface area contributed by atoms with Crippen molar-refractivity contribution in [3.8, 4) is 28.3 Å². The van der Waals surface area contributed by atoms with E-state index in [1.807, 2.05) is 76.0 Å². The smallest absolute Gasteiger partial charge is 0.127 e. The van der Waals surface area contributed by atoms with Crippen LogP contribution in [-0.4, -0.2) is 46.3 Å². The molecule has 3 aromatic heterocycles. The summed E-state index contributed by atoms with van der Waals surface area (Å²) in [7, 11) is 5.63. The SMILES string of the molecule is C/C=C/C=C(/c1cc(F)cc(OC)c1)c1c[nH]c(-c2n[nH]c3ccc(-c4cncc(CN(C)C)c4)cc23)c1. The van der Waals surface area contributed by atoms with E-state index in [0.717, 1.165) is 62.2 Å². The van der Waals surface area contributed by atoms with Crippen LogP contribution in [0.5, 0.6) is 5.75 Å². The number of ether oxygens (including phenoxy) is 1. The predicted molar refractivity (Wildman–Crippen MR) is 151 cm³/mol. The molecular formula is C31H30FN5O. The number of methoxy groups -OCH3 is 1. The molecule has 38 heavy (non-hydrogen) atoms. The normalized spacial score (nSPS) is 12.2. The number of pyridine rings is 1. The van der Waals surface area contributed by atoms with E-state index >= 15 is 0 Å². The number of aromatic amines is 2. The topological polar surface area (TPSA) is 69.8 Å². The number of halogens is 1. The Kier molecular flexibility index (Phi) is 7.20.